The molecule has 4 rings (SSSR count). The lowest BCUT2D eigenvalue weighted by atomic mass is 10.0. The molecule has 6 nitrogen and oxygen atoms in total. The number of H-pyrrole nitrogens is 1. The van der Waals surface area contributed by atoms with Crippen molar-refractivity contribution >= 4 is 16.7 Å². The lowest BCUT2D eigenvalue weighted by molar-refractivity contribution is 0.177. The van der Waals surface area contributed by atoms with Gasteiger partial charge in [-0.2, -0.15) is 0 Å². The van der Waals surface area contributed by atoms with Crippen LogP contribution in [0.4, 0.5) is 5.82 Å². The third kappa shape index (κ3) is 3.71. The molecule has 0 bridgehead atoms. The predicted molar refractivity (Wildman–Crippen MR) is 101 cm³/mol. The molecular weight excluding hydrogens is 328 g/mol. The summed E-state index contributed by atoms with van der Waals surface area (Å²) in [6, 6.07) is 10.4. The molecule has 1 fully saturated rings. The molecule has 2 aromatic heterocycles. The van der Waals surface area contributed by atoms with Gasteiger partial charge in [0.05, 0.1) is 12.3 Å². The van der Waals surface area contributed by atoms with Crippen LogP contribution in [0.15, 0.2) is 36.5 Å². The Morgan fingerprint density at radius 2 is 2.23 bits per heavy atom. The van der Waals surface area contributed by atoms with Crippen molar-refractivity contribution < 1.29 is 9.47 Å². The minimum Gasteiger partial charge on any atom is -0.381 e. The van der Waals surface area contributed by atoms with Crippen molar-refractivity contribution in [3.05, 3.63) is 53.6 Å². The SMILES string of the molecule is COCc1nc(NCCc2c[nH]c3ccccc23)cc([C@@H]2CCOC2)n1. The van der Waals surface area contributed by atoms with Crippen molar-refractivity contribution in [2.75, 3.05) is 32.2 Å². The second-order valence-electron chi connectivity index (χ2n) is 6.62. The van der Waals surface area contributed by atoms with Crippen LogP contribution in [-0.4, -0.2) is 41.8 Å². The van der Waals surface area contributed by atoms with Crippen LogP contribution < -0.4 is 5.32 Å². The van der Waals surface area contributed by atoms with E-state index < -0.39 is 0 Å². The highest BCUT2D eigenvalue weighted by molar-refractivity contribution is 5.83. The molecule has 26 heavy (non-hydrogen) atoms. The van der Waals surface area contributed by atoms with Crippen LogP contribution in [0.3, 0.4) is 0 Å². The molecule has 1 atom stereocenters. The predicted octanol–water partition coefficient (Wildman–Crippen LogP) is 3.26. The minimum atomic E-state index is 0.350. The van der Waals surface area contributed by atoms with E-state index in [0.29, 0.717) is 18.3 Å². The van der Waals surface area contributed by atoms with Crippen LogP contribution in [0, 0.1) is 0 Å². The van der Waals surface area contributed by atoms with Gasteiger partial charge in [-0.3, -0.25) is 0 Å². The smallest absolute Gasteiger partial charge is 0.156 e. The number of aromatic nitrogens is 3. The first-order valence-electron chi connectivity index (χ1n) is 9.07. The molecule has 0 amide bonds. The fraction of sp³-hybridized carbons (Fsp3) is 0.400. The molecule has 0 spiro atoms. The standard InChI is InChI=1S/C20H24N4O2/c1-25-13-20-23-18(15-7-9-26-12-15)10-19(24-20)21-8-6-14-11-22-17-5-3-2-4-16(14)17/h2-5,10-11,15,22H,6-9,12-13H2,1H3,(H,21,23,24)/t15-/m1/s1. The summed E-state index contributed by atoms with van der Waals surface area (Å²) in [6.07, 6.45) is 4.03. The Hall–Kier alpha value is -2.44. The monoisotopic (exact) mass is 352 g/mol. The average molecular weight is 352 g/mol. The molecule has 3 heterocycles. The van der Waals surface area contributed by atoms with Gasteiger partial charge in [-0.1, -0.05) is 18.2 Å². The van der Waals surface area contributed by atoms with Gasteiger partial charge in [0.2, 0.25) is 0 Å². The summed E-state index contributed by atoms with van der Waals surface area (Å²) >= 11 is 0. The molecule has 1 aliphatic heterocycles. The van der Waals surface area contributed by atoms with Crippen molar-refractivity contribution in [2.24, 2.45) is 0 Å². The zero-order chi connectivity index (χ0) is 17.8. The highest BCUT2D eigenvalue weighted by atomic mass is 16.5. The van der Waals surface area contributed by atoms with Gasteiger partial charge in [-0.05, 0) is 24.5 Å². The molecule has 2 N–H and O–H groups in total. The van der Waals surface area contributed by atoms with Gasteiger partial charge in [0, 0.05) is 49.3 Å². The summed E-state index contributed by atoms with van der Waals surface area (Å²) in [5.74, 6) is 1.92. The Morgan fingerprint density at radius 1 is 1.31 bits per heavy atom. The molecule has 1 aromatic carbocycles. The van der Waals surface area contributed by atoms with Crippen molar-refractivity contribution in [2.45, 2.75) is 25.4 Å². The Kier molecular flexibility index (Phi) is 5.13. The van der Waals surface area contributed by atoms with Gasteiger partial charge in [0.15, 0.2) is 5.82 Å². The number of nitrogens with one attached hydrogen (secondary N) is 2. The van der Waals surface area contributed by atoms with Gasteiger partial charge in [-0.25, -0.2) is 9.97 Å². The first kappa shape index (κ1) is 17.0. The second kappa shape index (κ2) is 7.85. The van der Waals surface area contributed by atoms with Crippen LogP contribution in [0.2, 0.25) is 0 Å². The molecule has 136 valence electrons. The summed E-state index contributed by atoms with van der Waals surface area (Å²) in [7, 11) is 1.67. The summed E-state index contributed by atoms with van der Waals surface area (Å²) in [4.78, 5) is 12.5. The van der Waals surface area contributed by atoms with E-state index in [1.165, 1.54) is 16.5 Å². The largest absolute Gasteiger partial charge is 0.381 e. The fourth-order valence-electron chi connectivity index (χ4n) is 3.44. The number of hydrogen-bond acceptors (Lipinski definition) is 5. The van der Waals surface area contributed by atoms with E-state index in [1.54, 1.807) is 7.11 Å². The topological polar surface area (TPSA) is 72.1 Å². The van der Waals surface area contributed by atoms with Crippen molar-refractivity contribution in [1.29, 1.82) is 0 Å². The van der Waals surface area contributed by atoms with Crippen molar-refractivity contribution in [3.8, 4) is 0 Å². The van der Waals surface area contributed by atoms with Crippen LogP contribution in [-0.2, 0) is 22.5 Å². The fourth-order valence-corrected chi connectivity index (χ4v) is 3.44. The van der Waals surface area contributed by atoms with Crippen LogP contribution >= 0.6 is 0 Å². The van der Waals surface area contributed by atoms with Gasteiger partial charge in [0.1, 0.15) is 12.4 Å². The van der Waals surface area contributed by atoms with Crippen LogP contribution in [0.25, 0.3) is 10.9 Å². The lowest BCUT2D eigenvalue weighted by Crippen LogP contribution is -2.12. The van der Waals surface area contributed by atoms with E-state index in [4.69, 9.17) is 9.47 Å². The van der Waals surface area contributed by atoms with E-state index >= 15 is 0 Å². The number of nitrogens with zero attached hydrogens (tertiary/aromatic N) is 2. The first-order chi connectivity index (χ1) is 12.8. The van der Waals surface area contributed by atoms with E-state index in [-0.39, 0.29) is 0 Å². The molecule has 6 heteroatoms. The maximum Gasteiger partial charge on any atom is 0.156 e. The molecule has 1 aliphatic rings. The van der Waals surface area contributed by atoms with E-state index in [9.17, 15) is 0 Å². The van der Waals surface area contributed by atoms with Gasteiger partial charge >= 0.3 is 0 Å². The molecule has 0 saturated carbocycles. The molecule has 0 unspecified atom stereocenters. The Labute approximate surface area is 153 Å². The molecule has 0 aliphatic carbocycles. The Balaban J connectivity index is 1.46. The van der Waals surface area contributed by atoms with Crippen molar-refractivity contribution in [1.82, 2.24) is 15.0 Å². The molecule has 1 saturated heterocycles. The van der Waals surface area contributed by atoms with Gasteiger partial charge in [0.25, 0.3) is 0 Å². The average Bonchev–Trinajstić information content (AvgIpc) is 3.32. The highest BCUT2D eigenvalue weighted by Crippen LogP contribution is 2.25. The van der Waals surface area contributed by atoms with Gasteiger partial charge < -0.3 is 19.8 Å². The maximum absolute atomic E-state index is 5.51. The number of para-hydroxylation sites is 1. The number of anilines is 1. The molecular formula is C20H24N4O2. The summed E-state index contributed by atoms with van der Waals surface area (Å²) in [5, 5.41) is 4.73. The van der Waals surface area contributed by atoms with E-state index in [2.05, 4.69) is 44.7 Å². The maximum atomic E-state index is 5.51. The number of benzene rings is 1. The molecule has 0 radical (unpaired) electrons. The number of fused-ring (bicyclic) bond motifs is 1. The molecule has 3 aromatic rings. The Morgan fingerprint density at radius 3 is 3.08 bits per heavy atom. The quantitative estimate of drug-likeness (QED) is 0.683. The summed E-state index contributed by atoms with van der Waals surface area (Å²) in [6.45, 7) is 2.76. The minimum absolute atomic E-state index is 0.350. The highest BCUT2D eigenvalue weighted by Gasteiger charge is 2.20. The number of ether oxygens (including phenoxy) is 2. The summed E-state index contributed by atoms with van der Waals surface area (Å²) < 4.78 is 10.7. The lowest BCUT2D eigenvalue weighted by Gasteiger charge is -2.12. The number of hydrogen-bond donors (Lipinski definition) is 2. The zero-order valence-electron chi connectivity index (χ0n) is 15.0. The van der Waals surface area contributed by atoms with E-state index in [0.717, 1.165) is 44.1 Å². The number of aromatic amines is 1. The first-order valence-corrected chi connectivity index (χ1v) is 9.07. The third-order valence-electron chi connectivity index (χ3n) is 4.79. The number of methoxy groups -OCH3 is 1. The normalized spacial score (nSPS) is 17.0. The Bertz CT molecular complexity index is 871. The third-order valence-corrected chi connectivity index (χ3v) is 4.79. The van der Waals surface area contributed by atoms with Crippen LogP contribution in [0.1, 0.15) is 29.4 Å². The van der Waals surface area contributed by atoms with Gasteiger partial charge in [-0.15, -0.1) is 0 Å². The number of rotatable bonds is 7. The van der Waals surface area contributed by atoms with Crippen molar-refractivity contribution in [3.63, 3.8) is 0 Å². The van der Waals surface area contributed by atoms with E-state index in [1.807, 2.05) is 12.1 Å². The zero-order valence-corrected chi connectivity index (χ0v) is 15.0. The van der Waals surface area contributed by atoms with Crippen LogP contribution in [0.5, 0.6) is 0 Å². The summed E-state index contributed by atoms with van der Waals surface area (Å²) in [5.41, 5.74) is 3.53. The second-order valence-corrected chi connectivity index (χ2v) is 6.62.